The molecule has 2 nitrogen and oxygen atoms in total. The molecular formula is C19H22O2. The minimum absolute atomic E-state index is 0.130. The molecule has 0 unspecified atom stereocenters. The van der Waals surface area contributed by atoms with Crippen molar-refractivity contribution in [3.05, 3.63) is 47.0 Å². The van der Waals surface area contributed by atoms with Gasteiger partial charge in [-0.3, -0.25) is 0 Å². The maximum absolute atomic E-state index is 10.6. The van der Waals surface area contributed by atoms with Gasteiger partial charge in [-0.1, -0.05) is 56.7 Å². The van der Waals surface area contributed by atoms with Crippen LogP contribution in [0.4, 0.5) is 0 Å². The molecule has 0 aliphatic heterocycles. The van der Waals surface area contributed by atoms with E-state index in [0.717, 1.165) is 34.7 Å². The van der Waals surface area contributed by atoms with E-state index < -0.39 is 0 Å². The molecule has 0 bridgehead atoms. The summed E-state index contributed by atoms with van der Waals surface area (Å²) in [5.74, 6) is 0.652. The van der Waals surface area contributed by atoms with Crippen molar-refractivity contribution in [1.29, 1.82) is 0 Å². The van der Waals surface area contributed by atoms with Gasteiger partial charge < -0.3 is 10.2 Å². The van der Waals surface area contributed by atoms with Crippen LogP contribution in [0.25, 0.3) is 10.8 Å². The summed E-state index contributed by atoms with van der Waals surface area (Å²) in [5.41, 5.74) is 3.25. The Morgan fingerprint density at radius 2 is 1.57 bits per heavy atom. The van der Waals surface area contributed by atoms with Gasteiger partial charge in [-0.15, -0.1) is 0 Å². The zero-order valence-electron chi connectivity index (χ0n) is 12.9. The van der Waals surface area contributed by atoms with Crippen LogP contribution in [0.5, 0.6) is 11.5 Å². The van der Waals surface area contributed by atoms with Crippen molar-refractivity contribution in [2.24, 2.45) is 5.41 Å². The summed E-state index contributed by atoms with van der Waals surface area (Å²) in [6.45, 7) is 6.66. The van der Waals surface area contributed by atoms with Crippen molar-refractivity contribution < 1.29 is 10.2 Å². The number of allylic oxidation sites excluding steroid dienone is 2. The third-order valence-electron chi connectivity index (χ3n) is 5.05. The van der Waals surface area contributed by atoms with Crippen LogP contribution in [0.1, 0.15) is 38.3 Å². The molecule has 0 aromatic heterocycles. The first kappa shape index (κ1) is 14.0. The van der Waals surface area contributed by atoms with Gasteiger partial charge in [0, 0.05) is 21.9 Å². The quantitative estimate of drug-likeness (QED) is 0.618. The standard InChI is InChI=1S/C19H22O2/c1-4-19(2,3)12-9-10-15-16(11-12)18(21)14-8-6-5-7-13(14)17(15)20/h5-9,20-21H,4,10-11H2,1-3H3. The van der Waals surface area contributed by atoms with Crippen LogP contribution in [0.15, 0.2) is 35.9 Å². The Labute approximate surface area is 125 Å². The Hall–Kier alpha value is -1.96. The molecule has 3 rings (SSSR count). The van der Waals surface area contributed by atoms with Crippen LogP contribution in [0.3, 0.4) is 0 Å². The van der Waals surface area contributed by atoms with Crippen LogP contribution in [0.2, 0.25) is 0 Å². The maximum atomic E-state index is 10.6. The van der Waals surface area contributed by atoms with Gasteiger partial charge in [0.2, 0.25) is 0 Å². The monoisotopic (exact) mass is 282 g/mol. The van der Waals surface area contributed by atoms with E-state index in [4.69, 9.17) is 0 Å². The molecule has 0 saturated carbocycles. The molecule has 2 heteroatoms. The Balaban J connectivity index is 2.19. The van der Waals surface area contributed by atoms with E-state index in [-0.39, 0.29) is 5.41 Å². The van der Waals surface area contributed by atoms with Crippen LogP contribution in [0, 0.1) is 5.41 Å². The van der Waals surface area contributed by atoms with E-state index >= 15 is 0 Å². The molecule has 1 aliphatic rings. The van der Waals surface area contributed by atoms with Gasteiger partial charge in [-0.25, -0.2) is 0 Å². The molecule has 0 radical (unpaired) electrons. The van der Waals surface area contributed by atoms with Crippen molar-refractivity contribution in [2.45, 2.75) is 40.0 Å². The van der Waals surface area contributed by atoms with Crippen molar-refractivity contribution in [2.75, 3.05) is 0 Å². The largest absolute Gasteiger partial charge is 0.507 e. The van der Waals surface area contributed by atoms with Gasteiger partial charge in [0.25, 0.3) is 0 Å². The zero-order valence-corrected chi connectivity index (χ0v) is 12.9. The van der Waals surface area contributed by atoms with Crippen LogP contribution >= 0.6 is 0 Å². The lowest BCUT2D eigenvalue weighted by Crippen LogP contribution is -2.19. The lowest BCUT2D eigenvalue weighted by molar-refractivity contribution is 0.409. The van der Waals surface area contributed by atoms with E-state index in [0.29, 0.717) is 17.9 Å². The summed E-state index contributed by atoms with van der Waals surface area (Å²) >= 11 is 0. The number of fused-ring (bicyclic) bond motifs is 2. The zero-order chi connectivity index (χ0) is 15.2. The second-order valence-corrected chi connectivity index (χ2v) is 6.55. The van der Waals surface area contributed by atoms with Crippen LogP contribution in [-0.4, -0.2) is 10.2 Å². The molecule has 0 amide bonds. The fraction of sp³-hybridized carbons (Fsp3) is 0.368. The molecule has 0 saturated heterocycles. The second kappa shape index (κ2) is 4.80. The van der Waals surface area contributed by atoms with Gasteiger partial charge in [0.15, 0.2) is 0 Å². The number of hydrogen-bond acceptors (Lipinski definition) is 2. The number of phenolic OH excluding ortho intramolecular Hbond substituents is 2. The Bertz CT molecular complexity index is 739. The number of rotatable bonds is 2. The first-order valence-electron chi connectivity index (χ1n) is 7.59. The highest BCUT2D eigenvalue weighted by Crippen LogP contribution is 2.45. The van der Waals surface area contributed by atoms with E-state index in [9.17, 15) is 10.2 Å². The minimum atomic E-state index is 0.130. The molecular weight excluding hydrogens is 260 g/mol. The van der Waals surface area contributed by atoms with Crippen molar-refractivity contribution in [3.8, 4) is 11.5 Å². The summed E-state index contributed by atoms with van der Waals surface area (Å²) in [6, 6.07) is 7.51. The third kappa shape index (κ3) is 2.10. The predicted octanol–water partition coefficient (Wildman–Crippen LogP) is 4.71. The molecule has 1 aliphatic carbocycles. The van der Waals surface area contributed by atoms with E-state index in [1.54, 1.807) is 0 Å². The Kier molecular flexibility index (Phi) is 3.20. The topological polar surface area (TPSA) is 40.5 Å². The van der Waals surface area contributed by atoms with E-state index in [2.05, 4.69) is 26.8 Å². The van der Waals surface area contributed by atoms with Crippen LogP contribution in [-0.2, 0) is 12.8 Å². The maximum Gasteiger partial charge on any atom is 0.127 e. The molecule has 0 fully saturated rings. The fourth-order valence-corrected chi connectivity index (χ4v) is 3.15. The van der Waals surface area contributed by atoms with Gasteiger partial charge in [0.1, 0.15) is 11.5 Å². The highest BCUT2D eigenvalue weighted by molar-refractivity contribution is 5.95. The lowest BCUT2D eigenvalue weighted by Gasteiger charge is -2.31. The molecule has 2 aromatic carbocycles. The summed E-state index contributed by atoms with van der Waals surface area (Å²) in [4.78, 5) is 0. The van der Waals surface area contributed by atoms with Gasteiger partial charge in [0.05, 0.1) is 0 Å². The van der Waals surface area contributed by atoms with E-state index in [1.165, 1.54) is 5.57 Å². The fourth-order valence-electron chi connectivity index (χ4n) is 3.15. The molecule has 110 valence electrons. The Morgan fingerprint density at radius 3 is 2.14 bits per heavy atom. The summed E-state index contributed by atoms with van der Waals surface area (Å²) < 4.78 is 0. The Morgan fingerprint density at radius 1 is 1.00 bits per heavy atom. The molecule has 2 aromatic rings. The molecule has 21 heavy (non-hydrogen) atoms. The van der Waals surface area contributed by atoms with Crippen molar-refractivity contribution in [1.82, 2.24) is 0 Å². The minimum Gasteiger partial charge on any atom is -0.507 e. The first-order chi connectivity index (χ1) is 9.95. The van der Waals surface area contributed by atoms with Gasteiger partial charge in [-0.2, -0.15) is 0 Å². The SMILES string of the molecule is CCC(C)(C)C1=CCc2c(c(O)c3ccccc3c2O)C1. The first-order valence-corrected chi connectivity index (χ1v) is 7.59. The third-order valence-corrected chi connectivity index (χ3v) is 5.05. The van der Waals surface area contributed by atoms with Gasteiger partial charge in [-0.05, 0) is 24.7 Å². The van der Waals surface area contributed by atoms with Crippen LogP contribution < -0.4 is 0 Å². The summed E-state index contributed by atoms with van der Waals surface area (Å²) in [7, 11) is 0. The molecule has 0 heterocycles. The number of aromatic hydroxyl groups is 2. The molecule has 0 atom stereocenters. The smallest absolute Gasteiger partial charge is 0.127 e. The predicted molar refractivity (Wildman–Crippen MR) is 86.8 cm³/mol. The van der Waals surface area contributed by atoms with Crippen molar-refractivity contribution in [3.63, 3.8) is 0 Å². The lowest BCUT2D eigenvalue weighted by atomic mass is 9.74. The molecule has 0 spiro atoms. The second-order valence-electron chi connectivity index (χ2n) is 6.55. The average molecular weight is 282 g/mol. The van der Waals surface area contributed by atoms with E-state index in [1.807, 2.05) is 24.3 Å². The highest BCUT2D eigenvalue weighted by atomic mass is 16.3. The van der Waals surface area contributed by atoms with Crippen molar-refractivity contribution >= 4 is 10.8 Å². The summed E-state index contributed by atoms with van der Waals surface area (Å²) in [6.07, 6.45) is 4.70. The number of benzene rings is 2. The van der Waals surface area contributed by atoms with Gasteiger partial charge >= 0.3 is 0 Å². The number of phenols is 2. The normalized spacial score (nSPS) is 14.9. The average Bonchev–Trinajstić information content (AvgIpc) is 2.52. The number of hydrogen-bond donors (Lipinski definition) is 2. The highest BCUT2D eigenvalue weighted by Gasteiger charge is 2.28. The molecule has 2 N–H and O–H groups in total. The summed E-state index contributed by atoms with van der Waals surface area (Å²) in [5, 5.41) is 22.6.